The van der Waals surface area contributed by atoms with E-state index in [0.29, 0.717) is 24.6 Å². The quantitative estimate of drug-likeness (QED) is 0.671. The Kier molecular flexibility index (Phi) is 6.14. The largest absolute Gasteiger partial charge is 0.491 e. The van der Waals surface area contributed by atoms with Crippen molar-refractivity contribution in [3.8, 4) is 5.75 Å². The van der Waals surface area contributed by atoms with Crippen molar-refractivity contribution in [3.63, 3.8) is 0 Å². The Labute approximate surface area is 122 Å². The van der Waals surface area contributed by atoms with Crippen molar-refractivity contribution in [3.05, 3.63) is 18.2 Å². The fraction of sp³-hybridized carbons (Fsp3) is 0.625. The van der Waals surface area contributed by atoms with Crippen LogP contribution in [0.15, 0.2) is 18.2 Å². The van der Waals surface area contributed by atoms with E-state index in [9.17, 15) is 5.11 Å². The van der Waals surface area contributed by atoms with Gasteiger partial charge in [0.25, 0.3) is 0 Å². The zero-order valence-corrected chi connectivity index (χ0v) is 13.1. The van der Waals surface area contributed by atoms with Crippen LogP contribution in [-0.4, -0.2) is 24.4 Å². The summed E-state index contributed by atoms with van der Waals surface area (Å²) in [5.74, 6) is 0.696. The molecule has 20 heavy (non-hydrogen) atoms. The zero-order valence-electron chi connectivity index (χ0n) is 13.1. The maximum Gasteiger partial charge on any atom is 0.144 e. The van der Waals surface area contributed by atoms with E-state index in [-0.39, 0.29) is 11.5 Å². The standard InChI is InChI=1S/C16H28N2O2/c1-5-8-20-15-9-12(6-7-14(15)17)18-11-13(19)10-16(2,3)4/h6-7,9,13,18-19H,5,8,10-11,17H2,1-4H3. The van der Waals surface area contributed by atoms with Crippen LogP contribution in [0.25, 0.3) is 0 Å². The van der Waals surface area contributed by atoms with Gasteiger partial charge < -0.3 is 20.9 Å². The van der Waals surface area contributed by atoms with E-state index >= 15 is 0 Å². The van der Waals surface area contributed by atoms with Crippen LogP contribution in [0, 0.1) is 5.41 Å². The molecule has 1 rings (SSSR count). The average molecular weight is 280 g/mol. The third-order valence-electron chi connectivity index (χ3n) is 2.87. The molecule has 0 saturated heterocycles. The molecule has 0 aliphatic rings. The van der Waals surface area contributed by atoms with Gasteiger partial charge in [0, 0.05) is 18.3 Å². The van der Waals surface area contributed by atoms with Crippen LogP contribution in [0.1, 0.15) is 40.5 Å². The molecule has 4 heteroatoms. The fourth-order valence-corrected chi connectivity index (χ4v) is 2.00. The van der Waals surface area contributed by atoms with Gasteiger partial charge in [0.2, 0.25) is 0 Å². The van der Waals surface area contributed by atoms with Crippen LogP contribution in [0.5, 0.6) is 5.75 Å². The van der Waals surface area contributed by atoms with Gasteiger partial charge in [0.05, 0.1) is 18.4 Å². The van der Waals surface area contributed by atoms with Gasteiger partial charge in [-0.2, -0.15) is 0 Å². The number of nitrogen functional groups attached to an aromatic ring is 1. The lowest BCUT2D eigenvalue weighted by Gasteiger charge is -2.23. The van der Waals surface area contributed by atoms with E-state index < -0.39 is 0 Å². The highest BCUT2D eigenvalue weighted by Gasteiger charge is 2.16. The lowest BCUT2D eigenvalue weighted by atomic mass is 9.89. The number of anilines is 2. The van der Waals surface area contributed by atoms with Gasteiger partial charge >= 0.3 is 0 Å². The smallest absolute Gasteiger partial charge is 0.144 e. The number of aliphatic hydroxyl groups is 1. The van der Waals surface area contributed by atoms with Gasteiger partial charge in [-0.15, -0.1) is 0 Å². The Bertz CT molecular complexity index is 413. The lowest BCUT2D eigenvalue weighted by molar-refractivity contribution is 0.132. The molecule has 0 radical (unpaired) electrons. The minimum atomic E-state index is -0.368. The molecule has 0 bridgehead atoms. The molecule has 4 N–H and O–H groups in total. The first-order valence-electron chi connectivity index (χ1n) is 7.26. The van der Waals surface area contributed by atoms with Crippen LogP contribution in [0.2, 0.25) is 0 Å². The number of aliphatic hydroxyl groups excluding tert-OH is 1. The summed E-state index contributed by atoms with van der Waals surface area (Å²) < 4.78 is 5.59. The highest BCUT2D eigenvalue weighted by molar-refractivity contribution is 5.61. The Morgan fingerprint density at radius 3 is 2.65 bits per heavy atom. The zero-order chi connectivity index (χ0) is 15.2. The predicted octanol–water partition coefficient (Wildman–Crippen LogP) is 3.27. The number of hydrogen-bond acceptors (Lipinski definition) is 4. The number of nitrogens with one attached hydrogen (secondary N) is 1. The molecular weight excluding hydrogens is 252 g/mol. The maximum atomic E-state index is 9.99. The third kappa shape index (κ3) is 6.15. The molecule has 0 aliphatic heterocycles. The van der Waals surface area contributed by atoms with E-state index in [1.54, 1.807) is 0 Å². The number of nitrogens with two attached hydrogens (primary N) is 1. The summed E-state index contributed by atoms with van der Waals surface area (Å²) in [5.41, 5.74) is 7.54. The van der Waals surface area contributed by atoms with E-state index in [1.165, 1.54) is 0 Å². The average Bonchev–Trinajstić information content (AvgIpc) is 2.34. The van der Waals surface area contributed by atoms with E-state index in [2.05, 4.69) is 33.0 Å². The number of benzene rings is 1. The van der Waals surface area contributed by atoms with Crippen LogP contribution < -0.4 is 15.8 Å². The molecule has 1 atom stereocenters. The first-order valence-corrected chi connectivity index (χ1v) is 7.26. The van der Waals surface area contributed by atoms with Crippen molar-refractivity contribution in [2.75, 3.05) is 24.2 Å². The van der Waals surface area contributed by atoms with Gasteiger partial charge in [0.1, 0.15) is 5.75 Å². The highest BCUT2D eigenvalue weighted by atomic mass is 16.5. The Hall–Kier alpha value is -1.42. The summed E-state index contributed by atoms with van der Waals surface area (Å²) in [6.45, 7) is 9.60. The highest BCUT2D eigenvalue weighted by Crippen LogP contribution is 2.26. The number of hydrogen-bond donors (Lipinski definition) is 3. The Morgan fingerprint density at radius 1 is 1.35 bits per heavy atom. The minimum Gasteiger partial charge on any atom is -0.491 e. The molecule has 0 spiro atoms. The van der Waals surface area contributed by atoms with Gasteiger partial charge in [-0.25, -0.2) is 0 Å². The fourth-order valence-electron chi connectivity index (χ4n) is 2.00. The van der Waals surface area contributed by atoms with Gasteiger partial charge in [0.15, 0.2) is 0 Å². The molecule has 114 valence electrons. The molecule has 1 unspecified atom stereocenters. The normalized spacial score (nSPS) is 13.1. The van der Waals surface area contributed by atoms with Crippen LogP contribution in [0.4, 0.5) is 11.4 Å². The van der Waals surface area contributed by atoms with Crippen LogP contribution >= 0.6 is 0 Å². The van der Waals surface area contributed by atoms with Gasteiger partial charge in [-0.05, 0) is 30.4 Å². The van der Waals surface area contributed by atoms with E-state index in [4.69, 9.17) is 10.5 Å². The topological polar surface area (TPSA) is 67.5 Å². The molecule has 0 heterocycles. The molecule has 1 aromatic carbocycles. The van der Waals surface area contributed by atoms with E-state index in [0.717, 1.165) is 18.5 Å². The van der Waals surface area contributed by atoms with Crippen molar-refractivity contribution in [2.45, 2.75) is 46.6 Å². The number of rotatable bonds is 7. The Morgan fingerprint density at radius 2 is 2.05 bits per heavy atom. The monoisotopic (exact) mass is 280 g/mol. The summed E-state index contributed by atoms with van der Waals surface area (Å²) in [5, 5.41) is 13.2. The summed E-state index contributed by atoms with van der Waals surface area (Å²) in [4.78, 5) is 0. The van der Waals surface area contributed by atoms with E-state index in [1.807, 2.05) is 18.2 Å². The second-order valence-corrected chi connectivity index (χ2v) is 6.40. The molecule has 1 aromatic rings. The molecule has 0 aromatic heterocycles. The summed E-state index contributed by atoms with van der Waals surface area (Å²) in [6, 6.07) is 5.61. The van der Waals surface area contributed by atoms with Crippen molar-refractivity contribution in [1.29, 1.82) is 0 Å². The molecule has 4 nitrogen and oxygen atoms in total. The minimum absolute atomic E-state index is 0.123. The Balaban J connectivity index is 2.55. The van der Waals surface area contributed by atoms with Crippen molar-refractivity contribution in [1.82, 2.24) is 0 Å². The number of ether oxygens (including phenoxy) is 1. The second-order valence-electron chi connectivity index (χ2n) is 6.40. The second kappa shape index (κ2) is 7.39. The lowest BCUT2D eigenvalue weighted by Crippen LogP contribution is -2.25. The molecule has 0 aliphatic carbocycles. The van der Waals surface area contributed by atoms with Crippen LogP contribution in [-0.2, 0) is 0 Å². The summed E-state index contributed by atoms with van der Waals surface area (Å²) in [7, 11) is 0. The predicted molar refractivity (Wildman–Crippen MR) is 85.2 cm³/mol. The van der Waals surface area contributed by atoms with Gasteiger partial charge in [-0.1, -0.05) is 27.7 Å². The van der Waals surface area contributed by atoms with Crippen molar-refractivity contribution in [2.24, 2.45) is 5.41 Å². The maximum absolute atomic E-state index is 9.99. The first kappa shape index (κ1) is 16.6. The summed E-state index contributed by atoms with van der Waals surface area (Å²) >= 11 is 0. The third-order valence-corrected chi connectivity index (χ3v) is 2.87. The van der Waals surface area contributed by atoms with Crippen LogP contribution in [0.3, 0.4) is 0 Å². The van der Waals surface area contributed by atoms with Gasteiger partial charge in [-0.3, -0.25) is 0 Å². The molecule has 0 saturated carbocycles. The first-order chi connectivity index (χ1) is 9.31. The summed E-state index contributed by atoms with van der Waals surface area (Å²) in [6.07, 6.45) is 1.34. The van der Waals surface area contributed by atoms with Crippen molar-refractivity contribution >= 4 is 11.4 Å². The molecular formula is C16H28N2O2. The SMILES string of the molecule is CCCOc1cc(NCC(O)CC(C)(C)C)ccc1N. The molecule has 0 amide bonds. The molecule has 0 fully saturated rings. The van der Waals surface area contributed by atoms with Crippen molar-refractivity contribution < 1.29 is 9.84 Å².